The van der Waals surface area contributed by atoms with Gasteiger partial charge in [0.25, 0.3) is 0 Å². The molecule has 0 aliphatic heterocycles. The van der Waals surface area contributed by atoms with Gasteiger partial charge in [0.1, 0.15) is 0 Å². The third-order valence-electron chi connectivity index (χ3n) is 2.46. The smallest absolute Gasteiger partial charge is 0.151 e. The van der Waals surface area contributed by atoms with Crippen LogP contribution in [0.3, 0.4) is 0 Å². The van der Waals surface area contributed by atoms with Gasteiger partial charge in [-0.15, -0.1) is 0 Å². The summed E-state index contributed by atoms with van der Waals surface area (Å²) in [7, 11) is -3.07. The molecule has 1 aromatic heterocycles. The first-order valence-corrected chi connectivity index (χ1v) is 7.21. The molecule has 0 aliphatic rings. The minimum Gasteiger partial charge on any atom is -0.399 e. The molecule has 2 rings (SSSR count). The molecular weight excluding hydrogens is 236 g/mol. The quantitative estimate of drug-likeness (QED) is 0.816. The second-order valence-corrected chi connectivity index (χ2v) is 6.23. The number of hydrogen-bond donors (Lipinski definition) is 2. The van der Waals surface area contributed by atoms with Crippen LogP contribution in [0, 0.1) is 0 Å². The molecule has 0 saturated heterocycles. The van der Waals surface area contributed by atoms with Gasteiger partial charge in [0, 0.05) is 24.3 Å². The van der Waals surface area contributed by atoms with Gasteiger partial charge in [-0.1, -0.05) is 6.07 Å². The summed E-state index contributed by atoms with van der Waals surface area (Å²) in [5, 5.41) is 0. The van der Waals surface area contributed by atoms with Crippen LogP contribution in [0.25, 0.3) is 11.1 Å². The fraction of sp³-hybridized carbons (Fsp3) is 0.167. The number of aromatic amines is 1. The summed E-state index contributed by atoms with van der Waals surface area (Å²) in [6, 6.07) is 7.23. The molecule has 0 amide bonds. The minimum atomic E-state index is -3.07. The molecule has 0 fully saturated rings. The van der Waals surface area contributed by atoms with Crippen LogP contribution in [-0.2, 0) is 15.6 Å². The van der Waals surface area contributed by atoms with Crippen LogP contribution in [0.5, 0.6) is 0 Å². The van der Waals surface area contributed by atoms with Crippen LogP contribution in [0.1, 0.15) is 5.56 Å². The molecular formula is C12H14N2O2S. The number of aromatic nitrogens is 1. The molecule has 3 N–H and O–H groups in total. The zero-order valence-electron chi connectivity index (χ0n) is 9.47. The second-order valence-electron chi connectivity index (χ2n) is 4.09. The maximum absolute atomic E-state index is 11.4. The lowest BCUT2D eigenvalue weighted by atomic mass is 10.0. The summed E-state index contributed by atoms with van der Waals surface area (Å²) in [4.78, 5) is 2.95. The topological polar surface area (TPSA) is 75.9 Å². The summed E-state index contributed by atoms with van der Waals surface area (Å²) in [6.07, 6.45) is 4.85. The van der Waals surface area contributed by atoms with Crippen molar-refractivity contribution in [1.29, 1.82) is 0 Å². The number of hydrogen-bond acceptors (Lipinski definition) is 3. The number of rotatable bonds is 3. The molecule has 0 unspecified atom stereocenters. The molecule has 0 radical (unpaired) electrons. The Balaban J connectivity index is 2.52. The van der Waals surface area contributed by atoms with Gasteiger partial charge in [-0.25, -0.2) is 8.42 Å². The molecule has 1 aromatic carbocycles. The lowest BCUT2D eigenvalue weighted by molar-refractivity contribution is 0.601. The van der Waals surface area contributed by atoms with Crippen molar-refractivity contribution in [2.24, 2.45) is 0 Å². The predicted octanol–water partition coefficient (Wildman–Crippen LogP) is 1.81. The summed E-state index contributed by atoms with van der Waals surface area (Å²) in [5.74, 6) is -0.00144. The molecule has 17 heavy (non-hydrogen) atoms. The van der Waals surface area contributed by atoms with Crippen molar-refractivity contribution in [2.75, 3.05) is 12.0 Å². The normalized spacial score (nSPS) is 11.6. The summed E-state index contributed by atoms with van der Waals surface area (Å²) < 4.78 is 22.8. The Kier molecular flexibility index (Phi) is 2.93. The van der Waals surface area contributed by atoms with E-state index in [1.54, 1.807) is 18.3 Å². The number of nitrogens with one attached hydrogen (secondary N) is 1. The lowest BCUT2D eigenvalue weighted by Gasteiger charge is -2.08. The van der Waals surface area contributed by atoms with E-state index in [0.29, 0.717) is 5.69 Å². The first-order chi connectivity index (χ1) is 7.96. The van der Waals surface area contributed by atoms with Crippen LogP contribution in [0.2, 0.25) is 0 Å². The predicted molar refractivity (Wildman–Crippen MR) is 69.2 cm³/mol. The van der Waals surface area contributed by atoms with Crippen LogP contribution in [-0.4, -0.2) is 19.7 Å². The standard InChI is InChI=1S/C12H14N2O2S/c1-17(15,16)8-10-6-11(13)2-3-12(10)9-4-5-14-7-9/h2-7,14H,8,13H2,1H3. The molecule has 0 spiro atoms. The van der Waals surface area contributed by atoms with E-state index in [1.165, 1.54) is 6.26 Å². The van der Waals surface area contributed by atoms with Crippen LogP contribution >= 0.6 is 0 Å². The van der Waals surface area contributed by atoms with Gasteiger partial charge < -0.3 is 10.7 Å². The largest absolute Gasteiger partial charge is 0.399 e. The zero-order valence-corrected chi connectivity index (χ0v) is 10.3. The summed E-state index contributed by atoms with van der Waals surface area (Å²) in [5.41, 5.74) is 8.85. The second kappa shape index (κ2) is 4.25. The molecule has 5 heteroatoms. The Labute approximate surface area is 100 Å². The number of sulfone groups is 1. The maximum Gasteiger partial charge on any atom is 0.151 e. The Morgan fingerprint density at radius 2 is 2.06 bits per heavy atom. The third-order valence-corrected chi connectivity index (χ3v) is 3.29. The van der Waals surface area contributed by atoms with Gasteiger partial charge >= 0.3 is 0 Å². The molecule has 90 valence electrons. The van der Waals surface area contributed by atoms with Gasteiger partial charge in [-0.3, -0.25) is 0 Å². The lowest BCUT2D eigenvalue weighted by Crippen LogP contribution is -2.03. The molecule has 0 aliphatic carbocycles. The van der Waals surface area contributed by atoms with Crippen molar-refractivity contribution < 1.29 is 8.42 Å². The Morgan fingerprint density at radius 3 is 2.65 bits per heavy atom. The van der Waals surface area contributed by atoms with Gasteiger partial charge in [0.05, 0.1) is 5.75 Å². The van der Waals surface area contributed by atoms with Crippen molar-refractivity contribution in [3.63, 3.8) is 0 Å². The van der Waals surface area contributed by atoms with E-state index in [9.17, 15) is 8.42 Å². The van der Waals surface area contributed by atoms with Crippen LogP contribution in [0.15, 0.2) is 36.7 Å². The Morgan fingerprint density at radius 1 is 1.29 bits per heavy atom. The van der Waals surface area contributed by atoms with E-state index in [2.05, 4.69) is 4.98 Å². The SMILES string of the molecule is CS(=O)(=O)Cc1cc(N)ccc1-c1cc[nH]c1. The molecule has 0 atom stereocenters. The molecule has 0 bridgehead atoms. The highest BCUT2D eigenvalue weighted by atomic mass is 32.2. The Hall–Kier alpha value is -1.75. The van der Waals surface area contributed by atoms with E-state index in [0.717, 1.165) is 16.7 Å². The van der Waals surface area contributed by atoms with Crippen molar-refractivity contribution in [1.82, 2.24) is 4.98 Å². The number of nitrogens with two attached hydrogens (primary N) is 1. The molecule has 2 aromatic rings. The number of nitrogen functional groups attached to an aromatic ring is 1. The highest BCUT2D eigenvalue weighted by molar-refractivity contribution is 7.89. The minimum absolute atomic E-state index is 0.00144. The highest BCUT2D eigenvalue weighted by Gasteiger charge is 2.11. The van der Waals surface area contributed by atoms with Crippen molar-refractivity contribution >= 4 is 15.5 Å². The Bertz CT molecular complexity index is 616. The van der Waals surface area contributed by atoms with Crippen LogP contribution < -0.4 is 5.73 Å². The maximum atomic E-state index is 11.4. The molecule has 1 heterocycles. The van der Waals surface area contributed by atoms with Crippen LogP contribution in [0.4, 0.5) is 5.69 Å². The van der Waals surface area contributed by atoms with Gasteiger partial charge in [-0.05, 0) is 34.9 Å². The van der Waals surface area contributed by atoms with E-state index in [1.807, 2.05) is 18.3 Å². The van der Waals surface area contributed by atoms with Gasteiger partial charge in [0.15, 0.2) is 9.84 Å². The van der Waals surface area contributed by atoms with E-state index < -0.39 is 9.84 Å². The fourth-order valence-electron chi connectivity index (χ4n) is 1.79. The molecule has 0 saturated carbocycles. The average molecular weight is 250 g/mol. The van der Waals surface area contributed by atoms with Crippen molar-refractivity contribution in [3.8, 4) is 11.1 Å². The average Bonchev–Trinajstić information content (AvgIpc) is 2.68. The van der Waals surface area contributed by atoms with E-state index in [-0.39, 0.29) is 5.75 Å². The van der Waals surface area contributed by atoms with E-state index >= 15 is 0 Å². The van der Waals surface area contributed by atoms with Gasteiger partial charge in [0.2, 0.25) is 0 Å². The van der Waals surface area contributed by atoms with E-state index in [4.69, 9.17) is 5.73 Å². The van der Waals surface area contributed by atoms with Crippen molar-refractivity contribution in [2.45, 2.75) is 5.75 Å². The number of anilines is 1. The van der Waals surface area contributed by atoms with Gasteiger partial charge in [-0.2, -0.15) is 0 Å². The number of benzene rings is 1. The molecule has 4 nitrogen and oxygen atoms in total. The fourth-order valence-corrected chi connectivity index (χ4v) is 2.59. The summed E-state index contributed by atoms with van der Waals surface area (Å²) in [6.45, 7) is 0. The highest BCUT2D eigenvalue weighted by Crippen LogP contribution is 2.26. The first kappa shape index (κ1) is 11.7. The third kappa shape index (κ3) is 2.88. The zero-order chi connectivity index (χ0) is 12.5. The number of H-pyrrole nitrogens is 1. The first-order valence-electron chi connectivity index (χ1n) is 5.15. The summed E-state index contributed by atoms with van der Waals surface area (Å²) >= 11 is 0. The van der Waals surface area contributed by atoms with Crippen molar-refractivity contribution in [3.05, 3.63) is 42.2 Å². The monoisotopic (exact) mass is 250 g/mol.